The van der Waals surface area contributed by atoms with E-state index in [9.17, 15) is 8.78 Å². The van der Waals surface area contributed by atoms with Crippen LogP contribution in [0.4, 0.5) is 8.78 Å². The lowest BCUT2D eigenvalue weighted by molar-refractivity contribution is 0.295. The molecular formula is C12H15ClF2O. The number of aliphatic hydroxyl groups is 1. The first-order valence-electron chi connectivity index (χ1n) is 4.85. The second kappa shape index (κ2) is 7.36. The molecule has 0 saturated carbocycles. The van der Waals surface area contributed by atoms with Crippen LogP contribution in [0.1, 0.15) is 24.5 Å². The second-order valence-corrected chi connectivity index (χ2v) is 3.67. The summed E-state index contributed by atoms with van der Waals surface area (Å²) in [5.74, 6) is -1.03. The molecule has 4 heteroatoms. The van der Waals surface area contributed by atoms with Gasteiger partial charge >= 0.3 is 0 Å². The topological polar surface area (TPSA) is 20.2 Å². The Hall–Kier alpha value is -0.930. The van der Waals surface area contributed by atoms with E-state index in [-0.39, 0.29) is 16.2 Å². The molecule has 0 fully saturated rings. The Morgan fingerprint density at radius 1 is 1.38 bits per heavy atom. The molecule has 1 aromatic carbocycles. The van der Waals surface area contributed by atoms with Crippen LogP contribution >= 0.6 is 11.6 Å². The van der Waals surface area contributed by atoms with E-state index in [4.69, 9.17) is 16.7 Å². The molecule has 1 N–H and O–H groups in total. The van der Waals surface area contributed by atoms with E-state index in [0.29, 0.717) is 6.61 Å². The lowest BCUT2D eigenvalue weighted by atomic mass is 10.1. The van der Waals surface area contributed by atoms with Crippen molar-refractivity contribution in [1.29, 1.82) is 0 Å². The highest BCUT2D eigenvalue weighted by Gasteiger charge is 2.07. The van der Waals surface area contributed by atoms with Crippen molar-refractivity contribution in [2.24, 2.45) is 0 Å². The Morgan fingerprint density at radius 3 is 2.25 bits per heavy atom. The zero-order chi connectivity index (χ0) is 12.7. The quantitative estimate of drug-likeness (QED) is 0.842. The van der Waals surface area contributed by atoms with Crippen LogP contribution in [0.2, 0.25) is 0 Å². The Labute approximate surface area is 99.4 Å². The lowest BCUT2D eigenvalue weighted by Gasteiger charge is -2.02. The van der Waals surface area contributed by atoms with E-state index in [2.05, 4.69) is 6.58 Å². The van der Waals surface area contributed by atoms with Crippen molar-refractivity contribution >= 4 is 16.6 Å². The third kappa shape index (κ3) is 4.73. The SMILES string of the molecule is C=C(Cl)c1cc(F)c(C)cc1F.CCCO. The summed E-state index contributed by atoms with van der Waals surface area (Å²) in [5.41, 5.74) is 0.272. The number of rotatable bonds is 2. The number of hydrogen-bond acceptors (Lipinski definition) is 1. The normalized spacial score (nSPS) is 9.38. The zero-order valence-corrected chi connectivity index (χ0v) is 10.1. The Morgan fingerprint density at radius 2 is 1.88 bits per heavy atom. The maximum atomic E-state index is 13.0. The Kier molecular flexibility index (Phi) is 6.93. The molecular weight excluding hydrogens is 234 g/mol. The van der Waals surface area contributed by atoms with Gasteiger partial charge in [-0.1, -0.05) is 25.1 Å². The zero-order valence-electron chi connectivity index (χ0n) is 9.36. The van der Waals surface area contributed by atoms with E-state index < -0.39 is 11.6 Å². The van der Waals surface area contributed by atoms with Crippen LogP contribution in [0.15, 0.2) is 18.7 Å². The van der Waals surface area contributed by atoms with Gasteiger partial charge in [0.05, 0.1) is 0 Å². The molecule has 0 heterocycles. The minimum absolute atomic E-state index is 0.00593. The highest BCUT2D eigenvalue weighted by molar-refractivity contribution is 6.48. The van der Waals surface area contributed by atoms with Crippen molar-refractivity contribution in [2.75, 3.05) is 6.61 Å². The highest BCUT2D eigenvalue weighted by Crippen LogP contribution is 2.22. The third-order valence-corrected chi connectivity index (χ3v) is 1.97. The van der Waals surface area contributed by atoms with E-state index in [0.717, 1.165) is 18.6 Å². The van der Waals surface area contributed by atoms with Crippen molar-refractivity contribution in [3.63, 3.8) is 0 Å². The molecule has 0 radical (unpaired) electrons. The molecule has 1 rings (SSSR count). The molecule has 0 saturated heterocycles. The van der Waals surface area contributed by atoms with Gasteiger partial charge in [0.25, 0.3) is 0 Å². The van der Waals surface area contributed by atoms with Crippen molar-refractivity contribution in [3.05, 3.63) is 41.5 Å². The van der Waals surface area contributed by atoms with Gasteiger partial charge in [0.2, 0.25) is 0 Å². The summed E-state index contributed by atoms with van der Waals surface area (Å²) in [7, 11) is 0. The maximum Gasteiger partial charge on any atom is 0.132 e. The first-order chi connectivity index (χ1) is 7.43. The first-order valence-corrected chi connectivity index (χ1v) is 5.23. The molecule has 0 unspecified atom stereocenters. The van der Waals surface area contributed by atoms with Gasteiger partial charge in [-0.05, 0) is 31.0 Å². The molecule has 16 heavy (non-hydrogen) atoms. The summed E-state index contributed by atoms with van der Waals surface area (Å²) in [6, 6.07) is 2.14. The number of aliphatic hydroxyl groups excluding tert-OH is 1. The summed E-state index contributed by atoms with van der Waals surface area (Å²) >= 11 is 5.43. The van der Waals surface area contributed by atoms with Gasteiger partial charge in [0.1, 0.15) is 11.6 Å². The van der Waals surface area contributed by atoms with Crippen molar-refractivity contribution < 1.29 is 13.9 Å². The molecule has 0 bridgehead atoms. The van der Waals surface area contributed by atoms with E-state index >= 15 is 0 Å². The number of halogens is 3. The van der Waals surface area contributed by atoms with E-state index in [1.807, 2.05) is 6.92 Å². The van der Waals surface area contributed by atoms with E-state index in [1.165, 1.54) is 6.92 Å². The average Bonchev–Trinajstić information content (AvgIpc) is 2.23. The number of hydrogen-bond donors (Lipinski definition) is 1. The molecule has 1 nitrogen and oxygen atoms in total. The average molecular weight is 249 g/mol. The van der Waals surface area contributed by atoms with Crippen LogP contribution in [0.25, 0.3) is 5.03 Å². The summed E-state index contributed by atoms with van der Waals surface area (Å²) in [6.07, 6.45) is 0.875. The fourth-order valence-electron chi connectivity index (χ4n) is 0.854. The van der Waals surface area contributed by atoms with Gasteiger partial charge in [-0.2, -0.15) is 0 Å². The van der Waals surface area contributed by atoms with E-state index in [1.54, 1.807) is 0 Å². The van der Waals surface area contributed by atoms with Gasteiger partial charge in [0, 0.05) is 17.2 Å². The van der Waals surface area contributed by atoms with Crippen LogP contribution in [0.5, 0.6) is 0 Å². The molecule has 0 aliphatic rings. The van der Waals surface area contributed by atoms with Gasteiger partial charge in [0.15, 0.2) is 0 Å². The van der Waals surface area contributed by atoms with Crippen LogP contribution in [0, 0.1) is 18.6 Å². The van der Waals surface area contributed by atoms with Gasteiger partial charge in [-0.3, -0.25) is 0 Å². The maximum absolute atomic E-state index is 13.0. The minimum atomic E-state index is -0.547. The molecule has 0 aromatic heterocycles. The summed E-state index contributed by atoms with van der Waals surface area (Å²) < 4.78 is 25.8. The van der Waals surface area contributed by atoms with Gasteiger partial charge < -0.3 is 5.11 Å². The molecule has 0 spiro atoms. The Balaban J connectivity index is 0.000000487. The molecule has 0 amide bonds. The fraction of sp³-hybridized carbons (Fsp3) is 0.333. The minimum Gasteiger partial charge on any atom is -0.396 e. The lowest BCUT2D eigenvalue weighted by Crippen LogP contribution is -1.90. The fourth-order valence-corrected chi connectivity index (χ4v) is 0.999. The summed E-state index contributed by atoms with van der Waals surface area (Å²) in [6.45, 7) is 7.05. The largest absolute Gasteiger partial charge is 0.396 e. The molecule has 1 aromatic rings. The summed E-state index contributed by atoms with van der Waals surface area (Å²) in [4.78, 5) is 0. The van der Waals surface area contributed by atoms with Crippen LogP contribution in [0.3, 0.4) is 0 Å². The molecule has 0 atom stereocenters. The Bertz CT molecular complexity index is 362. The third-order valence-electron chi connectivity index (χ3n) is 1.76. The predicted molar refractivity (Wildman–Crippen MR) is 63.4 cm³/mol. The van der Waals surface area contributed by atoms with Crippen molar-refractivity contribution in [3.8, 4) is 0 Å². The van der Waals surface area contributed by atoms with Crippen LogP contribution < -0.4 is 0 Å². The van der Waals surface area contributed by atoms with Gasteiger partial charge in [-0.15, -0.1) is 0 Å². The smallest absolute Gasteiger partial charge is 0.132 e. The second-order valence-electron chi connectivity index (χ2n) is 3.21. The molecule has 90 valence electrons. The monoisotopic (exact) mass is 248 g/mol. The standard InChI is InChI=1S/C9H7ClF2.C3H8O/c1-5-3-9(12)7(6(2)10)4-8(5)11;1-2-3-4/h3-4H,2H2,1H3;4H,2-3H2,1H3. The van der Waals surface area contributed by atoms with Crippen LogP contribution in [-0.4, -0.2) is 11.7 Å². The number of benzene rings is 1. The van der Waals surface area contributed by atoms with Crippen LogP contribution in [-0.2, 0) is 0 Å². The molecule has 0 aliphatic carbocycles. The van der Waals surface area contributed by atoms with Gasteiger partial charge in [-0.25, -0.2) is 8.78 Å². The summed E-state index contributed by atoms with van der Waals surface area (Å²) in [5, 5.41) is 7.88. The van der Waals surface area contributed by atoms with Crippen molar-refractivity contribution in [1.82, 2.24) is 0 Å². The predicted octanol–water partition coefficient (Wildman–Crippen LogP) is 3.87. The molecule has 0 aliphatic heterocycles. The first kappa shape index (κ1) is 15.1. The highest BCUT2D eigenvalue weighted by atomic mass is 35.5. The van der Waals surface area contributed by atoms with Crippen molar-refractivity contribution in [2.45, 2.75) is 20.3 Å². The number of aryl methyl sites for hydroxylation is 1.